The van der Waals surface area contributed by atoms with Crippen LogP contribution in [0.15, 0.2) is 36.5 Å². The van der Waals surface area contributed by atoms with Gasteiger partial charge in [0.25, 0.3) is 0 Å². The summed E-state index contributed by atoms with van der Waals surface area (Å²) in [6.07, 6.45) is 2.95. The Labute approximate surface area is 146 Å². The highest BCUT2D eigenvalue weighted by atomic mass is 16.5. The summed E-state index contributed by atoms with van der Waals surface area (Å²) in [6, 6.07) is 9.87. The van der Waals surface area contributed by atoms with Crippen LogP contribution in [0.25, 0.3) is 11.3 Å². The molecule has 0 saturated carbocycles. The number of piperidine rings is 1. The van der Waals surface area contributed by atoms with Crippen LogP contribution >= 0.6 is 0 Å². The van der Waals surface area contributed by atoms with Gasteiger partial charge in [-0.1, -0.05) is 24.3 Å². The molecule has 2 N–H and O–H groups in total. The van der Waals surface area contributed by atoms with Crippen molar-refractivity contribution in [2.45, 2.75) is 19.4 Å². The largest absolute Gasteiger partial charge is 0.453 e. The van der Waals surface area contributed by atoms with Gasteiger partial charge in [0.2, 0.25) is 5.91 Å². The minimum Gasteiger partial charge on any atom is -0.453 e. The summed E-state index contributed by atoms with van der Waals surface area (Å²) in [5.74, 6) is -0.205. The number of nitrogens with one attached hydrogen (secondary N) is 2. The first kappa shape index (κ1) is 17.0. The molecule has 1 aromatic heterocycles. The molecule has 1 unspecified atom stereocenters. The monoisotopic (exact) mass is 342 g/mol. The van der Waals surface area contributed by atoms with Crippen molar-refractivity contribution in [3.63, 3.8) is 0 Å². The molecule has 25 heavy (non-hydrogen) atoms. The van der Waals surface area contributed by atoms with Crippen molar-refractivity contribution in [3.05, 3.63) is 42.1 Å². The fourth-order valence-electron chi connectivity index (χ4n) is 3.04. The summed E-state index contributed by atoms with van der Waals surface area (Å²) in [5, 5.41) is 9.82. The van der Waals surface area contributed by atoms with Crippen LogP contribution in [0, 0.1) is 5.92 Å². The van der Waals surface area contributed by atoms with Gasteiger partial charge in [-0.2, -0.15) is 5.10 Å². The van der Waals surface area contributed by atoms with Gasteiger partial charge in [-0.05, 0) is 30.0 Å². The number of aromatic nitrogens is 2. The average molecular weight is 342 g/mol. The van der Waals surface area contributed by atoms with Gasteiger partial charge in [-0.25, -0.2) is 4.79 Å². The number of likely N-dealkylation sites (tertiary alicyclic amines) is 1. The number of hydrogen-bond acceptors (Lipinski definition) is 4. The van der Waals surface area contributed by atoms with E-state index in [1.165, 1.54) is 7.11 Å². The Morgan fingerprint density at radius 2 is 2.12 bits per heavy atom. The second-order valence-corrected chi connectivity index (χ2v) is 6.14. The minimum absolute atomic E-state index is 0.0220. The van der Waals surface area contributed by atoms with E-state index in [1.54, 1.807) is 11.1 Å². The topological polar surface area (TPSA) is 87.3 Å². The van der Waals surface area contributed by atoms with E-state index in [9.17, 15) is 9.59 Å². The zero-order valence-corrected chi connectivity index (χ0v) is 14.2. The van der Waals surface area contributed by atoms with E-state index in [1.807, 2.05) is 30.3 Å². The summed E-state index contributed by atoms with van der Waals surface area (Å²) in [6.45, 7) is 1.53. The molecule has 2 aromatic rings. The number of ether oxygens (including phenoxy) is 1. The highest BCUT2D eigenvalue weighted by Gasteiger charge is 2.28. The first-order chi connectivity index (χ1) is 12.2. The second kappa shape index (κ2) is 7.83. The molecule has 1 aliphatic rings. The predicted molar refractivity (Wildman–Crippen MR) is 92.6 cm³/mol. The molecule has 1 atom stereocenters. The molecule has 1 aliphatic heterocycles. The summed E-state index contributed by atoms with van der Waals surface area (Å²) in [7, 11) is 1.36. The molecule has 1 fully saturated rings. The van der Waals surface area contributed by atoms with Gasteiger partial charge in [0.1, 0.15) is 0 Å². The van der Waals surface area contributed by atoms with E-state index in [0.717, 1.165) is 29.7 Å². The third kappa shape index (κ3) is 4.17. The quantitative estimate of drug-likeness (QED) is 0.891. The summed E-state index contributed by atoms with van der Waals surface area (Å²) in [5.41, 5.74) is 3.03. The standard InChI is InChI=1S/C18H22N4O3/c1-25-18(24)22-10-2-3-15(12-22)17(23)19-11-13-4-6-14(7-5-13)16-8-9-20-21-16/h4-9,15H,2-3,10-12H2,1H3,(H,19,23)(H,20,21). The Kier molecular flexibility index (Phi) is 5.33. The lowest BCUT2D eigenvalue weighted by molar-refractivity contribution is -0.126. The van der Waals surface area contributed by atoms with Gasteiger partial charge < -0.3 is 15.0 Å². The summed E-state index contributed by atoms with van der Waals surface area (Å²) >= 11 is 0. The minimum atomic E-state index is -0.369. The molecule has 132 valence electrons. The number of benzene rings is 1. The molecule has 0 spiro atoms. The van der Waals surface area contributed by atoms with Gasteiger partial charge >= 0.3 is 6.09 Å². The number of carbonyl (C=O) groups is 2. The third-order valence-electron chi connectivity index (χ3n) is 4.46. The van der Waals surface area contributed by atoms with Crippen LogP contribution in [0.1, 0.15) is 18.4 Å². The lowest BCUT2D eigenvalue weighted by Crippen LogP contribution is -2.45. The van der Waals surface area contributed by atoms with Crippen molar-refractivity contribution in [1.82, 2.24) is 20.4 Å². The van der Waals surface area contributed by atoms with Gasteiger partial charge in [0.15, 0.2) is 0 Å². The highest BCUT2D eigenvalue weighted by Crippen LogP contribution is 2.19. The van der Waals surface area contributed by atoms with Crippen molar-refractivity contribution in [1.29, 1.82) is 0 Å². The maximum Gasteiger partial charge on any atom is 0.409 e. The SMILES string of the molecule is COC(=O)N1CCCC(C(=O)NCc2ccc(-c3ccn[nH]3)cc2)C1. The summed E-state index contributed by atoms with van der Waals surface area (Å²) < 4.78 is 4.74. The van der Waals surface area contributed by atoms with Crippen LogP contribution in [0.2, 0.25) is 0 Å². The van der Waals surface area contributed by atoms with E-state index in [4.69, 9.17) is 4.74 Å². The van der Waals surface area contributed by atoms with Crippen LogP contribution < -0.4 is 5.32 Å². The molecule has 1 aromatic carbocycles. The molecule has 0 radical (unpaired) electrons. The number of nitrogens with zero attached hydrogens (tertiary/aromatic N) is 2. The van der Waals surface area contributed by atoms with E-state index in [0.29, 0.717) is 19.6 Å². The van der Waals surface area contributed by atoms with Gasteiger partial charge in [-0.15, -0.1) is 0 Å². The van der Waals surface area contributed by atoms with Gasteiger partial charge in [-0.3, -0.25) is 9.89 Å². The van der Waals surface area contributed by atoms with Crippen molar-refractivity contribution in [3.8, 4) is 11.3 Å². The Morgan fingerprint density at radius 1 is 1.32 bits per heavy atom. The smallest absolute Gasteiger partial charge is 0.409 e. The van der Waals surface area contributed by atoms with Crippen LogP contribution in [-0.2, 0) is 16.1 Å². The van der Waals surface area contributed by atoms with Crippen molar-refractivity contribution in [2.24, 2.45) is 5.92 Å². The number of carbonyl (C=O) groups excluding carboxylic acids is 2. The molecular weight excluding hydrogens is 320 g/mol. The summed E-state index contributed by atoms with van der Waals surface area (Å²) in [4.78, 5) is 25.6. The number of hydrogen-bond donors (Lipinski definition) is 2. The fourth-order valence-corrected chi connectivity index (χ4v) is 3.04. The molecule has 0 bridgehead atoms. The highest BCUT2D eigenvalue weighted by molar-refractivity contribution is 5.80. The van der Waals surface area contributed by atoms with E-state index in [-0.39, 0.29) is 17.9 Å². The molecule has 2 heterocycles. The van der Waals surface area contributed by atoms with Crippen LogP contribution in [0.3, 0.4) is 0 Å². The molecule has 2 amide bonds. The van der Waals surface area contributed by atoms with Crippen LogP contribution in [0.5, 0.6) is 0 Å². The molecular formula is C18H22N4O3. The normalized spacial score (nSPS) is 17.2. The lowest BCUT2D eigenvalue weighted by Gasteiger charge is -2.30. The fraction of sp³-hybridized carbons (Fsp3) is 0.389. The molecule has 0 aliphatic carbocycles. The molecule has 3 rings (SSSR count). The molecule has 1 saturated heterocycles. The zero-order chi connectivity index (χ0) is 17.6. The maximum atomic E-state index is 12.4. The number of aromatic amines is 1. The molecule has 7 nitrogen and oxygen atoms in total. The number of rotatable bonds is 4. The number of methoxy groups -OCH3 is 1. The van der Waals surface area contributed by atoms with Crippen molar-refractivity contribution >= 4 is 12.0 Å². The third-order valence-corrected chi connectivity index (χ3v) is 4.46. The maximum absolute atomic E-state index is 12.4. The first-order valence-electron chi connectivity index (χ1n) is 8.36. The molecule has 7 heteroatoms. The first-order valence-corrected chi connectivity index (χ1v) is 8.36. The van der Waals surface area contributed by atoms with E-state index < -0.39 is 0 Å². The Balaban J connectivity index is 1.52. The Hall–Kier alpha value is -2.83. The van der Waals surface area contributed by atoms with Crippen molar-refractivity contribution < 1.29 is 14.3 Å². The number of amides is 2. The lowest BCUT2D eigenvalue weighted by atomic mass is 9.97. The van der Waals surface area contributed by atoms with E-state index >= 15 is 0 Å². The van der Waals surface area contributed by atoms with Crippen LogP contribution in [-0.4, -0.2) is 47.3 Å². The Morgan fingerprint density at radius 3 is 2.80 bits per heavy atom. The van der Waals surface area contributed by atoms with Gasteiger partial charge in [0, 0.05) is 25.8 Å². The van der Waals surface area contributed by atoms with Crippen LogP contribution in [0.4, 0.5) is 4.79 Å². The van der Waals surface area contributed by atoms with Crippen molar-refractivity contribution in [2.75, 3.05) is 20.2 Å². The van der Waals surface area contributed by atoms with Gasteiger partial charge in [0.05, 0.1) is 18.7 Å². The Bertz CT molecular complexity index is 712. The zero-order valence-electron chi connectivity index (χ0n) is 14.2. The second-order valence-electron chi connectivity index (χ2n) is 6.14. The predicted octanol–water partition coefficient (Wildman–Crippen LogP) is 2.17. The average Bonchev–Trinajstić information content (AvgIpc) is 3.20. The van der Waals surface area contributed by atoms with E-state index in [2.05, 4.69) is 15.5 Å². The number of H-pyrrole nitrogens is 1.